The van der Waals surface area contributed by atoms with Crippen LogP contribution in [0.15, 0.2) is 23.5 Å². The maximum Gasteiger partial charge on any atom is 0.272 e. The van der Waals surface area contributed by atoms with E-state index in [-0.39, 0.29) is 17.8 Å². The quantitative estimate of drug-likeness (QED) is 0.369. The lowest BCUT2D eigenvalue weighted by Crippen LogP contribution is -2.46. The van der Waals surface area contributed by atoms with E-state index in [0.29, 0.717) is 30.3 Å². The standard InChI is InChI=1S/C14H20N4O3/c1-9-5-6-18(8-12(9)21-2)14(19)11-4-3-10(7-16-11)13(15)17-20/h3-4,7,9,12,20H,5-6,8H2,1-2H3,(H2,15,17). The maximum atomic E-state index is 12.4. The minimum atomic E-state index is -0.130. The van der Waals surface area contributed by atoms with Crippen molar-refractivity contribution in [2.45, 2.75) is 19.4 Å². The molecule has 0 bridgehead atoms. The summed E-state index contributed by atoms with van der Waals surface area (Å²) in [6, 6.07) is 3.19. The van der Waals surface area contributed by atoms with E-state index in [1.165, 1.54) is 6.20 Å². The van der Waals surface area contributed by atoms with Gasteiger partial charge >= 0.3 is 0 Å². The first-order valence-electron chi connectivity index (χ1n) is 6.82. The molecule has 21 heavy (non-hydrogen) atoms. The van der Waals surface area contributed by atoms with Gasteiger partial charge in [-0.25, -0.2) is 0 Å². The van der Waals surface area contributed by atoms with Gasteiger partial charge in [-0.05, 0) is 24.5 Å². The zero-order chi connectivity index (χ0) is 15.4. The first kappa shape index (κ1) is 15.2. The van der Waals surface area contributed by atoms with Crippen molar-refractivity contribution >= 4 is 11.7 Å². The van der Waals surface area contributed by atoms with Crippen molar-refractivity contribution in [3.8, 4) is 0 Å². The molecule has 1 fully saturated rings. The number of ether oxygens (including phenoxy) is 1. The summed E-state index contributed by atoms with van der Waals surface area (Å²) in [5, 5.41) is 11.5. The highest BCUT2D eigenvalue weighted by Crippen LogP contribution is 2.20. The number of nitrogens with zero attached hydrogens (tertiary/aromatic N) is 3. The Morgan fingerprint density at radius 1 is 1.57 bits per heavy atom. The van der Waals surface area contributed by atoms with Gasteiger partial charge < -0.3 is 20.6 Å². The van der Waals surface area contributed by atoms with Crippen LogP contribution in [0.25, 0.3) is 0 Å². The summed E-state index contributed by atoms with van der Waals surface area (Å²) in [5.74, 6) is 0.276. The molecule has 1 saturated heterocycles. The van der Waals surface area contributed by atoms with Gasteiger partial charge in [0.15, 0.2) is 5.84 Å². The molecular formula is C14H20N4O3. The van der Waals surface area contributed by atoms with Gasteiger partial charge in [-0.15, -0.1) is 0 Å². The first-order valence-corrected chi connectivity index (χ1v) is 6.82. The van der Waals surface area contributed by atoms with E-state index in [0.717, 1.165) is 6.42 Å². The number of hydrogen-bond donors (Lipinski definition) is 2. The van der Waals surface area contributed by atoms with E-state index in [4.69, 9.17) is 15.7 Å². The van der Waals surface area contributed by atoms with Gasteiger partial charge in [0, 0.05) is 32.0 Å². The molecule has 0 spiro atoms. The van der Waals surface area contributed by atoms with Crippen molar-refractivity contribution in [1.29, 1.82) is 0 Å². The molecule has 1 amide bonds. The van der Waals surface area contributed by atoms with Gasteiger partial charge in [0.25, 0.3) is 5.91 Å². The summed E-state index contributed by atoms with van der Waals surface area (Å²) >= 11 is 0. The third kappa shape index (κ3) is 3.30. The highest BCUT2D eigenvalue weighted by atomic mass is 16.5. The molecule has 1 aromatic heterocycles. The Morgan fingerprint density at radius 2 is 2.33 bits per heavy atom. The van der Waals surface area contributed by atoms with Gasteiger partial charge in [0.2, 0.25) is 0 Å². The number of carbonyl (C=O) groups excluding carboxylic acids is 1. The summed E-state index contributed by atoms with van der Waals surface area (Å²) in [7, 11) is 1.67. The molecule has 7 heteroatoms. The molecule has 1 aliphatic rings. The van der Waals surface area contributed by atoms with Crippen molar-refractivity contribution in [3.63, 3.8) is 0 Å². The number of aromatic nitrogens is 1. The average Bonchev–Trinajstić information content (AvgIpc) is 2.54. The molecule has 0 radical (unpaired) electrons. The van der Waals surface area contributed by atoms with Gasteiger partial charge in [-0.3, -0.25) is 9.78 Å². The van der Waals surface area contributed by atoms with E-state index in [1.807, 2.05) is 0 Å². The molecule has 2 unspecified atom stereocenters. The molecule has 2 heterocycles. The van der Waals surface area contributed by atoms with Crippen molar-refractivity contribution < 1.29 is 14.7 Å². The van der Waals surface area contributed by atoms with Crippen LogP contribution in [0.4, 0.5) is 0 Å². The third-order valence-electron chi connectivity index (χ3n) is 3.87. The largest absolute Gasteiger partial charge is 0.409 e. The van der Waals surface area contributed by atoms with Crippen LogP contribution in [0, 0.1) is 5.92 Å². The molecule has 7 nitrogen and oxygen atoms in total. The fourth-order valence-corrected chi connectivity index (χ4v) is 2.42. The van der Waals surface area contributed by atoms with Gasteiger partial charge in [0.05, 0.1) is 6.10 Å². The Hall–Kier alpha value is -2.15. The number of carbonyl (C=O) groups is 1. The highest BCUT2D eigenvalue weighted by molar-refractivity contribution is 5.98. The summed E-state index contributed by atoms with van der Waals surface area (Å²) < 4.78 is 5.41. The SMILES string of the molecule is COC1CN(C(=O)c2ccc(/C(N)=N/O)cn2)CCC1C. The summed E-state index contributed by atoms with van der Waals surface area (Å²) in [6.45, 7) is 3.39. The fraction of sp³-hybridized carbons (Fsp3) is 0.500. The Balaban J connectivity index is 2.09. The monoisotopic (exact) mass is 292 g/mol. The van der Waals surface area contributed by atoms with Crippen LogP contribution in [-0.4, -0.2) is 53.1 Å². The molecular weight excluding hydrogens is 272 g/mol. The summed E-state index contributed by atoms with van der Waals surface area (Å²) in [4.78, 5) is 18.3. The number of methoxy groups -OCH3 is 1. The van der Waals surface area contributed by atoms with E-state index in [1.54, 1.807) is 24.1 Å². The lowest BCUT2D eigenvalue weighted by molar-refractivity contribution is -0.00177. The normalized spacial score (nSPS) is 23.1. The molecule has 1 aromatic rings. The van der Waals surface area contributed by atoms with Crippen LogP contribution in [0.2, 0.25) is 0 Å². The number of nitrogens with two attached hydrogens (primary N) is 1. The molecule has 114 valence electrons. The number of rotatable bonds is 3. The second-order valence-corrected chi connectivity index (χ2v) is 5.21. The zero-order valence-electron chi connectivity index (χ0n) is 12.2. The fourth-order valence-electron chi connectivity index (χ4n) is 2.42. The number of likely N-dealkylation sites (tertiary alicyclic amines) is 1. The number of oxime groups is 1. The van der Waals surface area contributed by atoms with E-state index < -0.39 is 0 Å². The Morgan fingerprint density at radius 3 is 2.90 bits per heavy atom. The maximum absolute atomic E-state index is 12.4. The minimum absolute atomic E-state index is 0.0345. The molecule has 0 aromatic carbocycles. The summed E-state index contributed by atoms with van der Waals surface area (Å²) in [5.41, 5.74) is 6.27. The lowest BCUT2D eigenvalue weighted by Gasteiger charge is -2.36. The molecule has 3 N–H and O–H groups in total. The Bertz CT molecular complexity index is 530. The van der Waals surface area contributed by atoms with Crippen LogP contribution < -0.4 is 5.73 Å². The predicted molar refractivity (Wildman–Crippen MR) is 77.2 cm³/mol. The second-order valence-electron chi connectivity index (χ2n) is 5.21. The molecule has 0 saturated carbocycles. The Labute approximate surface area is 123 Å². The van der Waals surface area contributed by atoms with Crippen molar-refractivity contribution in [2.24, 2.45) is 16.8 Å². The van der Waals surface area contributed by atoms with E-state index in [9.17, 15) is 4.79 Å². The smallest absolute Gasteiger partial charge is 0.272 e. The molecule has 2 rings (SSSR count). The van der Waals surface area contributed by atoms with Crippen LogP contribution in [-0.2, 0) is 4.74 Å². The van der Waals surface area contributed by atoms with Crippen molar-refractivity contribution in [2.75, 3.05) is 20.2 Å². The van der Waals surface area contributed by atoms with Gasteiger partial charge in [-0.2, -0.15) is 0 Å². The molecule has 2 atom stereocenters. The van der Waals surface area contributed by atoms with E-state index in [2.05, 4.69) is 17.1 Å². The number of amides is 1. The minimum Gasteiger partial charge on any atom is -0.409 e. The average molecular weight is 292 g/mol. The van der Waals surface area contributed by atoms with Gasteiger partial charge in [-0.1, -0.05) is 12.1 Å². The van der Waals surface area contributed by atoms with Crippen LogP contribution in [0.5, 0.6) is 0 Å². The van der Waals surface area contributed by atoms with Gasteiger partial charge in [0.1, 0.15) is 5.69 Å². The topological polar surface area (TPSA) is 101 Å². The van der Waals surface area contributed by atoms with Crippen LogP contribution >= 0.6 is 0 Å². The van der Waals surface area contributed by atoms with Crippen molar-refractivity contribution in [1.82, 2.24) is 9.88 Å². The molecule has 1 aliphatic heterocycles. The van der Waals surface area contributed by atoms with Crippen LogP contribution in [0.3, 0.4) is 0 Å². The predicted octanol–water partition coefficient (Wildman–Crippen LogP) is 0.673. The van der Waals surface area contributed by atoms with Crippen LogP contribution in [0.1, 0.15) is 29.4 Å². The number of piperidine rings is 1. The number of amidine groups is 1. The Kier molecular flexibility index (Phi) is 4.74. The summed E-state index contributed by atoms with van der Waals surface area (Å²) in [6.07, 6.45) is 2.38. The highest BCUT2D eigenvalue weighted by Gasteiger charge is 2.29. The number of pyridine rings is 1. The zero-order valence-corrected chi connectivity index (χ0v) is 12.2. The number of hydrogen-bond acceptors (Lipinski definition) is 5. The third-order valence-corrected chi connectivity index (χ3v) is 3.87. The van der Waals surface area contributed by atoms with Crippen molar-refractivity contribution in [3.05, 3.63) is 29.6 Å². The lowest BCUT2D eigenvalue weighted by atomic mass is 9.95. The first-order chi connectivity index (χ1) is 10.1. The van der Waals surface area contributed by atoms with E-state index >= 15 is 0 Å². The molecule has 0 aliphatic carbocycles. The second kappa shape index (κ2) is 6.53.